The molecule has 5 heteroatoms. The summed E-state index contributed by atoms with van der Waals surface area (Å²) in [7, 11) is 0. The minimum atomic E-state index is 0. The molecule has 2 aromatic heterocycles. The van der Waals surface area contributed by atoms with Crippen molar-refractivity contribution in [2.45, 2.75) is 0 Å². The molecular formula is C10H11Cl2N3. The molecule has 0 amide bonds. The van der Waals surface area contributed by atoms with Crippen LogP contribution >= 0.6 is 24.8 Å². The molecule has 3 nitrogen and oxygen atoms in total. The Balaban J connectivity index is 0.000000980. The summed E-state index contributed by atoms with van der Waals surface area (Å²) < 4.78 is 0. The number of hydrogen-bond donors (Lipinski definition) is 1. The predicted molar refractivity (Wildman–Crippen MR) is 66.4 cm³/mol. The van der Waals surface area contributed by atoms with Crippen molar-refractivity contribution >= 4 is 30.6 Å². The Morgan fingerprint density at radius 3 is 2.27 bits per heavy atom. The van der Waals surface area contributed by atoms with Crippen LogP contribution in [0.4, 0.5) is 5.82 Å². The molecule has 0 aliphatic rings. The summed E-state index contributed by atoms with van der Waals surface area (Å²) in [6.45, 7) is 0. The zero-order valence-electron chi connectivity index (χ0n) is 7.83. The van der Waals surface area contributed by atoms with Gasteiger partial charge in [0.2, 0.25) is 0 Å². The third kappa shape index (κ3) is 3.38. The van der Waals surface area contributed by atoms with Crippen LogP contribution in [-0.4, -0.2) is 9.97 Å². The molecule has 2 N–H and O–H groups in total. The lowest BCUT2D eigenvalue weighted by molar-refractivity contribution is 1.28. The highest BCUT2D eigenvalue weighted by atomic mass is 35.5. The van der Waals surface area contributed by atoms with Crippen molar-refractivity contribution in [3.63, 3.8) is 0 Å². The van der Waals surface area contributed by atoms with Crippen LogP contribution in [0, 0.1) is 0 Å². The fourth-order valence-electron chi connectivity index (χ4n) is 1.09. The van der Waals surface area contributed by atoms with Crippen LogP contribution < -0.4 is 5.73 Å². The first-order valence-corrected chi connectivity index (χ1v) is 3.99. The van der Waals surface area contributed by atoms with Gasteiger partial charge < -0.3 is 5.73 Å². The van der Waals surface area contributed by atoms with Gasteiger partial charge in [-0.2, -0.15) is 0 Å². The lowest BCUT2D eigenvalue weighted by atomic mass is 10.2. The molecule has 0 spiro atoms. The summed E-state index contributed by atoms with van der Waals surface area (Å²) in [5.41, 5.74) is 7.37. The largest absolute Gasteiger partial charge is 0.384 e. The highest BCUT2D eigenvalue weighted by Crippen LogP contribution is 2.14. The van der Waals surface area contributed by atoms with E-state index in [2.05, 4.69) is 9.97 Å². The van der Waals surface area contributed by atoms with E-state index in [1.165, 1.54) is 0 Å². The molecule has 0 radical (unpaired) electrons. The second kappa shape index (κ2) is 6.22. The van der Waals surface area contributed by atoms with E-state index in [1.807, 2.05) is 24.3 Å². The fraction of sp³-hybridized carbons (Fsp3) is 0. The zero-order chi connectivity index (χ0) is 9.10. The number of nitrogens with two attached hydrogens (primary N) is 1. The Labute approximate surface area is 101 Å². The average Bonchev–Trinajstić information content (AvgIpc) is 2.20. The Bertz CT molecular complexity index is 389. The van der Waals surface area contributed by atoms with Crippen molar-refractivity contribution in [2.24, 2.45) is 0 Å². The van der Waals surface area contributed by atoms with Crippen LogP contribution in [-0.2, 0) is 0 Å². The smallest absolute Gasteiger partial charge is 0.123 e. The Morgan fingerprint density at radius 2 is 1.73 bits per heavy atom. The van der Waals surface area contributed by atoms with E-state index in [-0.39, 0.29) is 24.8 Å². The van der Waals surface area contributed by atoms with E-state index in [4.69, 9.17) is 5.73 Å². The molecule has 0 saturated heterocycles. The molecule has 2 heterocycles. The highest BCUT2D eigenvalue weighted by molar-refractivity contribution is 5.85. The van der Waals surface area contributed by atoms with Crippen molar-refractivity contribution in [3.05, 3.63) is 42.7 Å². The summed E-state index contributed by atoms with van der Waals surface area (Å²) in [6.07, 6.45) is 3.48. The molecule has 80 valence electrons. The summed E-state index contributed by atoms with van der Waals surface area (Å²) in [6, 6.07) is 9.44. The molecule has 0 unspecified atom stereocenters. The number of aromatic nitrogens is 2. The van der Waals surface area contributed by atoms with Crippen LogP contribution in [0.25, 0.3) is 11.3 Å². The normalized spacial score (nSPS) is 8.53. The molecule has 0 aliphatic carbocycles. The second-order valence-electron chi connectivity index (χ2n) is 2.69. The van der Waals surface area contributed by atoms with Crippen molar-refractivity contribution in [1.29, 1.82) is 0 Å². The van der Waals surface area contributed by atoms with Crippen LogP contribution in [0.2, 0.25) is 0 Å². The first-order valence-electron chi connectivity index (χ1n) is 3.99. The van der Waals surface area contributed by atoms with Gasteiger partial charge in [0.1, 0.15) is 5.82 Å². The topological polar surface area (TPSA) is 51.8 Å². The number of halogens is 2. The van der Waals surface area contributed by atoms with Gasteiger partial charge in [0.05, 0.1) is 5.69 Å². The third-order valence-electron chi connectivity index (χ3n) is 1.75. The molecule has 0 aromatic carbocycles. The molecule has 0 fully saturated rings. The van der Waals surface area contributed by atoms with Crippen molar-refractivity contribution in [2.75, 3.05) is 5.73 Å². The molecule has 2 aromatic rings. The number of hydrogen-bond acceptors (Lipinski definition) is 3. The molecule has 0 bridgehead atoms. The second-order valence-corrected chi connectivity index (χ2v) is 2.69. The maximum Gasteiger partial charge on any atom is 0.123 e. The van der Waals surface area contributed by atoms with E-state index in [0.29, 0.717) is 5.82 Å². The number of nitrogens with zero attached hydrogens (tertiary/aromatic N) is 2. The van der Waals surface area contributed by atoms with Crippen molar-refractivity contribution in [3.8, 4) is 11.3 Å². The quantitative estimate of drug-likeness (QED) is 0.838. The van der Waals surface area contributed by atoms with Crippen molar-refractivity contribution < 1.29 is 0 Å². The summed E-state index contributed by atoms with van der Waals surface area (Å²) in [4.78, 5) is 8.19. The van der Waals surface area contributed by atoms with Gasteiger partial charge >= 0.3 is 0 Å². The molecule has 2 rings (SSSR count). The Hall–Kier alpha value is -1.32. The minimum Gasteiger partial charge on any atom is -0.384 e. The number of rotatable bonds is 1. The highest BCUT2D eigenvalue weighted by Gasteiger charge is 1.96. The van der Waals surface area contributed by atoms with Crippen LogP contribution in [0.15, 0.2) is 42.7 Å². The first-order chi connectivity index (χ1) is 6.36. The number of anilines is 1. The molecule has 15 heavy (non-hydrogen) atoms. The van der Waals surface area contributed by atoms with E-state index in [1.54, 1.807) is 18.5 Å². The monoisotopic (exact) mass is 243 g/mol. The SMILES string of the molecule is Cl.Cl.Nc1ccc(-c2ccccn2)cn1. The maximum absolute atomic E-state index is 5.47. The van der Waals surface area contributed by atoms with Gasteiger partial charge in [-0.05, 0) is 24.3 Å². The standard InChI is InChI=1S/C10H9N3.2ClH/c11-10-5-4-8(7-13-10)9-3-1-2-6-12-9;;/h1-7H,(H2,11,13);2*1H. The Kier molecular flexibility index (Phi) is 5.67. The number of nitrogen functional groups attached to an aromatic ring is 1. The van der Waals surface area contributed by atoms with Crippen LogP contribution in [0.3, 0.4) is 0 Å². The summed E-state index contributed by atoms with van der Waals surface area (Å²) in [5, 5.41) is 0. The van der Waals surface area contributed by atoms with Crippen molar-refractivity contribution in [1.82, 2.24) is 9.97 Å². The predicted octanol–water partition coefficient (Wildman–Crippen LogP) is 2.57. The molecule has 0 saturated carbocycles. The fourth-order valence-corrected chi connectivity index (χ4v) is 1.09. The molecular weight excluding hydrogens is 233 g/mol. The molecule has 0 aliphatic heterocycles. The zero-order valence-corrected chi connectivity index (χ0v) is 9.46. The lowest BCUT2D eigenvalue weighted by Gasteiger charge is -1.98. The van der Waals surface area contributed by atoms with Crippen LogP contribution in [0.5, 0.6) is 0 Å². The number of pyridine rings is 2. The van der Waals surface area contributed by atoms with Crippen LogP contribution in [0.1, 0.15) is 0 Å². The summed E-state index contributed by atoms with van der Waals surface area (Å²) in [5.74, 6) is 0.527. The maximum atomic E-state index is 5.47. The third-order valence-corrected chi connectivity index (χ3v) is 1.75. The Morgan fingerprint density at radius 1 is 0.933 bits per heavy atom. The van der Waals surface area contributed by atoms with E-state index in [0.717, 1.165) is 11.3 Å². The van der Waals surface area contributed by atoms with E-state index < -0.39 is 0 Å². The van der Waals surface area contributed by atoms with E-state index >= 15 is 0 Å². The minimum absolute atomic E-state index is 0. The molecule has 0 atom stereocenters. The lowest BCUT2D eigenvalue weighted by Crippen LogP contribution is -1.89. The van der Waals surface area contributed by atoms with Gasteiger partial charge in [-0.25, -0.2) is 4.98 Å². The van der Waals surface area contributed by atoms with Gasteiger partial charge in [-0.1, -0.05) is 6.07 Å². The van der Waals surface area contributed by atoms with Gasteiger partial charge in [-0.15, -0.1) is 24.8 Å². The average molecular weight is 244 g/mol. The first kappa shape index (κ1) is 13.7. The van der Waals surface area contributed by atoms with Gasteiger partial charge in [-0.3, -0.25) is 4.98 Å². The van der Waals surface area contributed by atoms with Gasteiger partial charge in [0.15, 0.2) is 0 Å². The van der Waals surface area contributed by atoms with Gasteiger partial charge in [0.25, 0.3) is 0 Å². The van der Waals surface area contributed by atoms with E-state index in [9.17, 15) is 0 Å². The summed E-state index contributed by atoms with van der Waals surface area (Å²) >= 11 is 0. The van der Waals surface area contributed by atoms with Gasteiger partial charge in [0, 0.05) is 18.0 Å².